The predicted octanol–water partition coefficient (Wildman–Crippen LogP) is 7.34. The Labute approximate surface area is 148 Å². The van der Waals surface area contributed by atoms with Crippen LogP contribution in [-0.4, -0.2) is 30.7 Å². The van der Waals surface area contributed by atoms with Gasteiger partial charge in [-0.05, 0) is 32.1 Å². The molecule has 0 saturated heterocycles. The highest BCUT2D eigenvalue weighted by Crippen LogP contribution is 2.18. The van der Waals surface area contributed by atoms with E-state index in [1.54, 1.807) is 0 Å². The summed E-state index contributed by atoms with van der Waals surface area (Å²) < 4.78 is 1.44. The van der Waals surface area contributed by atoms with Gasteiger partial charge in [-0.2, -0.15) is 0 Å². The number of quaternary nitrogens is 1. The summed E-state index contributed by atoms with van der Waals surface area (Å²) in [5, 5.41) is 0. The summed E-state index contributed by atoms with van der Waals surface area (Å²) in [6.45, 7) is 15.1. The Bertz CT molecular complexity index is 202. The second-order valence-corrected chi connectivity index (χ2v) is 7.77. The highest BCUT2D eigenvalue weighted by Gasteiger charge is 2.24. The van der Waals surface area contributed by atoms with Gasteiger partial charge < -0.3 is 4.48 Å². The Morgan fingerprint density at radius 2 is 0.652 bits per heavy atom. The molecule has 0 spiro atoms. The number of nitrogens with zero attached hydrogens (tertiary/aromatic N) is 1. The molecular formula is C22H48N+. The van der Waals surface area contributed by atoms with Crippen LogP contribution in [0.25, 0.3) is 0 Å². The van der Waals surface area contributed by atoms with Gasteiger partial charge in [0.2, 0.25) is 0 Å². The fraction of sp³-hybridized carbons (Fsp3) is 1.00. The molecule has 140 valence electrons. The average Bonchev–Trinajstić information content (AvgIpc) is 2.58. The van der Waals surface area contributed by atoms with Crippen molar-refractivity contribution in [1.29, 1.82) is 0 Å². The van der Waals surface area contributed by atoms with Crippen LogP contribution in [0.3, 0.4) is 0 Å². The van der Waals surface area contributed by atoms with Crippen LogP contribution in [0.5, 0.6) is 0 Å². The first kappa shape index (κ1) is 23.0. The molecule has 0 aromatic heterocycles. The van der Waals surface area contributed by atoms with E-state index in [1.165, 1.54) is 121 Å². The van der Waals surface area contributed by atoms with E-state index in [1.807, 2.05) is 0 Å². The lowest BCUT2D eigenvalue weighted by atomic mass is 10.1. The first-order valence-electron chi connectivity index (χ1n) is 11.1. The lowest BCUT2D eigenvalue weighted by Crippen LogP contribution is -2.50. The van der Waals surface area contributed by atoms with E-state index < -0.39 is 0 Å². The average molecular weight is 327 g/mol. The Balaban J connectivity index is 4.14. The zero-order valence-electron chi connectivity index (χ0n) is 17.2. The van der Waals surface area contributed by atoms with Gasteiger partial charge in [0.05, 0.1) is 26.2 Å². The third-order valence-corrected chi connectivity index (χ3v) is 5.44. The topological polar surface area (TPSA) is 0 Å². The van der Waals surface area contributed by atoms with Crippen molar-refractivity contribution in [2.45, 2.75) is 118 Å². The summed E-state index contributed by atoms with van der Waals surface area (Å²) >= 11 is 0. The second-order valence-electron chi connectivity index (χ2n) is 7.77. The first-order chi connectivity index (χ1) is 11.2. The van der Waals surface area contributed by atoms with E-state index in [2.05, 4.69) is 27.7 Å². The molecule has 0 heterocycles. The molecule has 0 rings (SSSR count). The van der Waals surface area contributed by atoms with Crippen LogP contribution in [-0.2, 0) is 0 Å². The van der Waals surface area contributed by atoms with Gasteiger partial charge in [0.25, 0.3) is 0 Å². The molecular weight excluding hydrogens is 278 g/mol. The summed E-state index contributed by atoms with van der Waals surface area (Å²) in [7, 11) is 0. The third-order valence-electron chi connectivity index (χ3n) is 5.44. The van der Waals surface area contributed by atoms with Crippen LogP contribution in [0.1, 0.15) is 118 Å². The number of unbranched alkanes of at least 4 members (excludes halogenated alkanes) is 10. The van der Waals surface area contributed by atoms with Gasteiger partial charge in [-0.15, -0.1) is 0 Å². The molecule has 0 aromatic carbocycles. The van der Waals surface area contributed by atoms with Crippen molar-refractivity contribution in [2.24, 2.45) is 0 Å². The molecule has 0 bridgehead atoms. The van der Waals surface area contributed by atoms with E-state index in [4.69, 9.17) is 0 Å². The Hall–Kier alpha value is -0.0400. The van der Waals surface area contributed by atoms with Gasteiger partial charge in [0.1, 0.15) is 0 Å². The van der Waals surface area contributed by atoms with Crippen LogP contribution < -0.4 is 0 Å². The van der Waals surface area contributed by atoms with Crippen molar-refractivity contribution in [2.75, 3.05) is 26.2 Å². The minimum Gasteiger partial charge on any atom is -0.324 e. The van der Waals surface area contributed by atoms with E-state index in [0.29, 0.717) is 0 Å². The molecule has 0 unspecified atom stereocenters. The zero-order chi connectivity index (χ0) is 17.2. The number of hydrogen-bond donors (Lipinski definition) is 0. The molecule has 0 atom stereocenters. The maximum Gasteiger partial charge on any atom is 0.0786 e. The molecule has 0 aromatic rings. The molecule has 0 aliphatic carbocycles. The number of rotatable bonds is 18. The van der Waals surface area contributed by atoms with Crippen LogP contribution in [0.4, 0.5) is 0 Å². The molecule has 1 heteroatoms. The van der Waals surface area contributed by atoms with Crippen LogP contribution in [0.2, 0.25) is 0 Å². The van der Waals surface area contributed by atoms with Gasteiger partial charge >= 0.3 is 0 Å². The van der Waals surface area contributed by atoms with Gasteiger partial charge in [0, 0.05) is 0 Å². The van der Waals surface area contributed by atoms with Crippen molar-refractivity contribution in [3.63, 3.8) is 0 Å². The van der Waals surface area contributed by atoms with Crippen molar-refractivity contribution in [3.8, 4) is 0 Å². The summed E-state index contributed by atoms with van der Waals surface area (Å²) in [6, 6.07) is 0. The fourth-order valence-corrected chi connectivity index (χ4v) is 3.73. The summed E-state index contributed by atoms with van der Waals surface area (Å²) in [5.74, 6) is 0. The SMILES string of the molecule is CCCCCCCCCC[N+](CCCC)(CCCC)CCCC. The molecule has 0 aliphatic heterocycles. The standard InChI is InChI=1S/C22H48N/c1-5-9-13-14-15-16-17-18-22-23(19-10-6-2,20-11-7-3)21-12-8-4/h5-22H2,1-4H3/q+1. The lowest BCUT2D eigenvalue weighted by molar-refractivity contribution is -0.929. The van der Waals surface area contributed by atoms with Gasteiger partial charge in [-0.25, -0.2) is 0 Å². The number of hydrogen-bond acceptors (Lipinski definition) is 0. The second kappa shape index (κ2) is 16.8. The summed E-state index contributed by atoms with van der Waals surface area (Å²) in [4.78, 5) is 0. The van der Waals surface area contributed by atoms with Gasteiger partial charge in [-0.3, -0.25) is 0 Å². The normalized spacial score (nSPS) is 12.0. The van der Waals surface area contributed by atoms with E-state index in [-0.39, 0.29) is 0 Å². The lowest BCUT2D eigenvalue weighted by Gasteiger charge is -2.39. The largest absolute Gasteiger partial charge is 0.324 e. The zero-order valence-corrected chi connectivity index (χ0v) is 17.2. The molecule has 0 saturated carbocycles. The van der Waals surface area contributed by atoms with E-state index in [0.717, 1.165) is 0 Å². The Morgan fingerprint density at radius 3 is 1.04 bits per heavy atom. The molecule has 0 N–H and O–H groups in total. The minimum absolute atomic E-state index is 1.36. The predicted molar refractivity (Wildman–Crippen MR) is 107 cm³/mol. The molecule has 1 nitrogen and oxygen atoms in total. The fourth-order valence-electron chi connectivity index (χ4n) is 3.73. The highest BCUT2D eigenvalue weighted by atomic mass is 15.3. The highest BCUT2D eigenvalue weighted by molar-refractivity contribution is 4.51. The Morgan fingerprint density at radius 1 is 0.348 bits per heavy atom. The maximum atomic E-state index is 2.35. The Kier molecular flexibility index (Phi) is 16.8. The smallest absolute Gasteiger partial charge is 0.0786 e. The van der Waals surface area contributed by atoms with Crippen LogP contribution >= 0.6 is 0 Å². The molecule has 23 heavy (non-hydrogen) atoms. The molecule has 0 radical (unpaired) electrons. The molecule has 0 amide bonds. The third kappa shape index (κ3) is 13.0. The van der Waals surface area contributed by atoms with Crippen LogP contribution in [0, 0.1) is 0 Å². The van der Waals surface area contributed by atoms with Crippen molar-refractivity contribution in [3.05, 3.63) is 0 Å². The monoisotopic (exact) mass is 326 g/mol. The van der Waals surface area contributed by atoms with Gasteiger partial charge in [-0.1, -0.05) is 85.5 Å². The van der Waals surface area contributed by atoms with Crippen molar-refractivity contribution in [1.82, 2.24) is 0 Å². The molecule has 0 fully saturated rings. The van der Waals surface area contributed by atoms with E-state index >= 15 is 0 Å². The summed E-state index contributed by atoms with van der Waals surface area (Å²) in [5.41, 5.74) is 0. The van der Waals surface area contributed by atoms with Crippen molar-refractivity contribution >= 4 is 0 Å². The first-order valence-corrected chi connectivity index (χ1v) is 11.1. The summed E-state index contributed by atoms with van der Waals surface area (Å²) in [6.07, 6.45) is 19.9. The minimum atomic E-state index is 1.36. The maximum absolute atomic E-state index is 2.35. The van der Waals surface area contributed by atoms with Gasteiger partial charge in [0.15, 0.2) is 0 Å². The quantitative estimate of drug-likeness (QED) is 0.182. The van der Waals surface area contributed by atoms with Crippen LogP contribution in [0.15, 0.2) is 0 Å². The van der Waals surface area contributed by atoms with E-state index in [9.17, 15) is 0 Å². The molecule has 0 aliphatic rings. The van der Waals surface area contributed by atoms with Crippen molar-refractivity contribution < 1.29 is 4.48 Å².